The summed E-state index contributed by atoms with van der Waals surface area (Å²) in [6.07, 6.45) is 2.07. The number of hydrogen-bond acceptors (Lipinski definition) is 7. The molecule has 0 radical (unpaired) electrons. The van der Waals surface area contributed by atoms with Crippen LogP contribution in [-0.4, -0.2) is 66.4 Å². The number of benzene rings is 1. The largest absolute Gasteiger partial charge is 0.481 e. The van der Waals surface area contributed by atoms with Gasteiger partial charge >= 0.3 is 5.97 Å². The maximum absolute atomic E-state index is 12.5. The summed E-state index contributed by atoms with van der Waals surface area (Å²) < 4.78 is 10.1. The number of aliphatic carboxylic acids is 1. The minimum absolute atomic E-state index is 0.128. The van der Waals surface area contributed by atoms with Crippen LogP contribution in [0.1, 0.15) is 12.0 Å². The van der Waals surface area contributed by atoms with Crippen molar-refractivity contribution in [3.8, 4) is 5.75 Å². The lowest BCUT2D eigenvalue weighted by Gasteiger charge is -2.12. The second-order valence-electron chi connectivity index (χ2n) is 5.68. The van der Waals surface area contributed by atoms with Crippen molar-refractivity contribution in [1.82, 2.24) is 10.2 Å². The third kappa shape index (κ3) is 6.10. The van der Waals surface area contributed by atoms with Crippen molar-refractivity contribution >= 4 is 40.9 Å². The van der Waals surface area contributed by atoms with Crippen molar-refractivity contribution in [2.75, 3.05) is 33.4 Å². The van der Waals surface area contributed by atoms with Gasteiger partial charge in [-0.15, -0.1) is 0 Å². The molecule has 3 amide bonds. The molecular weight excluding hydrogens is 388 g/mol. The van der Waals surface area contributed by atoms with Gasteiger partial charge in [0, 0.05) is 25.8 Å². The first-order valence-electron chi connectivity index (χ1n) is 8.37. The van der Waals surface area contributed by atoms with Crippen LogP contribution in [0, 0.1) is 0 Å². The van der Waals surface area contributed by atoms with Gasteiger partial charge in [-0.2, -0.15) is 0 Å². The van der Waals surface area contributed by atoms with Crippen LogP contribution >= 0.6 is 11.8 Å². The van der Waals surface area contributed by atoms with Gasteiger partial charge in [0.05, 0.1) is 4.91 Å². The molecule has 2 rings (SSSR count). The number of methoxy groups -OCH3 is 1. The number of imide groups is 1. The highest BCUT2D eigenvalue weighted by molar-refractivity contribution is 8.18. The van der Waals surface area contributed by atoms with Gasteiger partial charge < -0.3 is 19.9 Å². The molecule has 0 aliphatic carbocycles. The van der Waals surface area contributed by atoms with E-state index < -0.39 is 29.6 Å². The minimum Gasteiger partial charge on any atom is -0.481 e. The highest BCUT2D eigenvalue weighted by Gasteiger charge is 2.36. The van der Waals surface area contributed by atoms with E-state index in [0.717, 1.165) is 4.90 Å². The molecule has 1 fully saturated rings. The van der Waals surface area contributed by atoms with Crippen LogP contribution in [0.2, 0.25) is 0 Å². The van der Waals surface area contributed by atoms with Crippen molar-refractivity contribution < 1.29 is 33.8 Å². The first-order valence-corrected chi connectivity index (χ1v) is 9.18. The van der Waals surface area contributed by atoms with Crippen LogP contribution in [0.15, 0.2) is 29.2 Å². The van der Waals surface area contributed by atoms with E-state index in [4.69, 9.17) is 14.6 Å². The van der Waals surface area contributed by atoms with E-state index in [1.165, 1.54) is 6.08 Å². The van der Waals surface area contributed by atoms with E-state index in [2.05, 4.69) is 5.32 Å². The molecule has 1 saturated heterocycles. The fourth-order valence-electron chi connectivity index (χ4n) is 2.29. The summed E-state index contributed by atoms with van der Waals surface area (Å²) in [6, 6.07) is 6.55. The summed E-state index contributed by atoms with van der Waals surface area (Å²) in [4.78, 5) is 48.2. The predicted octanol–water partition coefficient (Wildman–Crippen LogP) is 1.34. The number of thioether (sulfide) groups is 1. The van der Waals surface area contributed by atoms with Gasteiger partial charge in [-0.3, -0.25) is 19.3 Å². The second kappa shape index (κ2) is 10.5. The third-order valence-corrected chi connectivity index (χ3v) is 4.49. The molecule has 2 N–H and O–H groups in total. The number of carbonyl (C=O) groups is 4. The lowest BCUT2D eigenvalue weighted by atomic mass is 10.2. The molecule has 0 spiro atoms. The summed E-state index contributed by atoms with van der Waals surface area (Å²) in [5, 5.41) is 10.8. The van der Waals surface area contributed by atoms with Gasteiger partial charge in [0.25, 0.3) is 11.1 Å². The number of nitrogens with one attached hydrogen (secondary N) is 1. The summed E-state index contributed by atoms with van der Waals surface area (Å²) in [5.74, 6) is -1.89. The maximum Gasteiger partial charge on any atom is 0.341 e. The second-order valence-corrected chi connectivity index (χ2v) is 6.68. The minimum atomic E-state index is -1.13. The highest BCUT2D eigenvalue weighted by atomic mass is 32.2. The van der Waals surface area contributed by atoms with Gasteiger partial charge in [0.15, 0.2) is 6.61 Å². The Morgan fingerprint density at radius 3 is 2.75 bits per heavy atom. The predicted molar refractivity (Wildman–Crippen MR) is 102 cm³/mol. The number of carbonyl (C=O) groups excluding carboxylic acids is 3. The Balaban J connectivity index is 2.05. The van der Waals surface area contributed by atoms with Crippen molar-refractivity contribution in [2.45, 2.75) is 6.42 Å². The van der Waals surface area contributed by atoms with Crippen molar-refractivity contribution in [2.24, 2.45) is 0 Å². The Bertz CT molecular complexity index is 794. The lowest BCUT2D eigenvalue weighted by Crippen LogP contribution is -2.39. The Hall–Kier alpha value is -2.85. The van der Waals surface area contributed by atoms with E-state index in [1.807, 2.05) is 0 Å². The summed E-state index contributed by atoms with van der Waals surface area (Å²) in [5.41, 5.74) is 0.457. The number of hydrogen-bond donors (Lipinski definition) is 2. The Labute approximate surface area is 165 Å². The van der Waals surface area contributed by atoms with Crippen LogP contribution in [0.4, 0.5) is 4.79 Å². The van der Waals surface area contributed by atoms with Crippen molar-refractivity contribution in [1.29, 1.82) is 0 Å². The van der Waals surface area contributed by atoms with Gasteiger partial charge in [-0.25, -0.2) is 4.79 Å². The molecule has 1 aromatic carbocycles. The van der Waals surface area contributed by atoms with Gasteiger partial charge in [-0.05, 0) is 30.3 Å². The average Bonchev–Trinajstić information content (AvgIpc) is 2.92. The van der Waals surface area contributed by atoms with E-state index >= 15 is 0 Å². The maximum atomic E-state index is 12.5. The van der Waals surface area contributed by atoms with Crippen LogP contribution < -0.4 is 10.1 Å². The molecule has 10 heteroatoms. The SMILES string of the molecule is COCCCNC(=O)CN1C(=O)S/C(=C\c2ccccc2OCC(=O)O)C1=O. The Kier molecular flexibility index (Phi) is 8.02. The number of para-hydroxylation sites is 1. The zero-order valence-corrected chi connectivity index (χ0v) is 16.0. The monoisotopic (exact) mass is 408 g/mol. The standard InChI is InChI=1S/C18H20N2O7S/c1-26-8-4-7-19-15(21)10-20-17(24)14(28-18(20)25)9-12-5-2-3-6-13(12)27-11-16(22)23/h2-3,5-6,9H,4,7-8,10-11H2,1H3,(H,19,21)(H,22,23)/b14-9-. The van der Waals surface area contributed by atoms with Gasteiger partial charge in [0.2, 0.25) is 5.91 Å². The fraction of sp³-hybridized carbons (Fsp3) is 0.333. The zero-order chi connectivity index (χ0) is 20.5. The number of carboxylic acid groups (broad SMARTS) is 1. The molecule has 1 aliphatic rings. The number of amides is 3. The molecular formula is C18H20N2O7S. The molecule has 0 saturated carbocycles. The molecule has 150 valence electrons. The first kappa shape index (κ1) is 21.5. The smallest absolute Gasteiger partial charge is 0.341 e. The van der Waals surface area contributed by atoms with E-state index in [1.54, 1.807) is 31.4 Å². The van der Waals surface area contributed by atoms with Crippen molar-refractivity contribution in [3.63, 3.8) is 0 Å². The average molecular weight is 408 g/mol. The molecule has 0 atom stereocenters. The van der Waals surface area contributed by atoms with Crippen molar-refractivity contribution in [3.05, 3.63) is 34.7 Å². The lowest BCUT2D eigenvalue weighted by molar-refractivity contribution is -0.139. The fourth-order valence-corrected chi connectivity index (χ4v) is 3.12. The normalized spacial score (nSPS) is 15.2. The Morgan fingerprint density at radius 2 is 2.04 bits per heavy atom. The molecule has 9 nitrogen and oxygen atoms in total. The molecule has 0 bridgehead atoms. The number of ether oxygens (including phenoxy) is 2. The number of carboxylic acids is 1. The van der Waals surface area contributed by atoms with E-state index in [9.17, 15) is 19.2 Å². The van der Waals surface area contributed by atoms with Crippen LogP contribution in [0.3, 0.4) is 0 Å². The van der Waals surface area contributed by atoms with E-state index in [-0.39, 0.29) is 17.2 Å². The quantitative estimate of drug-likeness (QED) is 0.439. The first-order chi connectivity index (χ1) is 13.4. The van der Waals surface area contributed by atoms with Gasteiger partial charge in [-0.1, -0.05) is 18.2 Å². The summed E-state index contributed by atoms with van der Waals surface area (Å²) in [7, 11) is 1.55. The zero-order valence-electron chi connectivity index (χ0n) is 15.2. The Morgan fingerprint density at radius 1 is 1.29 bits per heavy atom. The molecule has 0 unspecified atom stereocenters. The number of nitrogens with zero attached hydrogens (tertiary/aromatic N) is 1. The molecule has 0 aromatic heterocycles. The third-order valence-electron chi connectivity index (χ3n) is 3.58. The molecule has 1 aliphatic heterocycles. The number of rotatable bonds is 10. The summed E-state index contributed by atoms with van der Waals surface area (Å²) >= 11 is 0.710. The highest BCUT2D eigenvalue weighted by Crippen LogP contribution is 2.33. The molecule has 1 aromatic rings. The summed E-state index contributed by atoms with van der Waals surface area (Å²) in [6.45, 7) is -0.0251. The molecule has 1 heterocycles. The van der Waals surface area contributed by atoms with Crippen LogP contribution in [0.5, 0.6) is 5.75 Å². The van der Waals surface area contributed by atoms with Crippen LogP contribution in [0.25, 0.3) is 6.08 Å². The van der Waals surface area contributed by atoms with E-state index in [0.29, 0.717) is 36.9 Å². The van der Waals surface area contributed by atoms with Gasteiger partial charge in [0.1, 0.15) is 12.3 Å². The molecule has 28 heavy (non-hydrogen) atoms. The topological polar surface area (TPSA) is 122 Å². The van der Waals surface area contributed by atoms with Crippen LogP contribution in [-0.2, 0) is 19.1 Å².